The molecule has 0 aliphatic rings. The first-order valence-corrected chi connectivity index (χ1v) is 7.91. The summed E-state index contributed by atoms with van der Waals surface area (Å²) in [4.78, 5) is 14.7. The minimum Gasteiger partial charge on any atom is -0.443 e. The van der Waals surface area contributed by atoms with Gasteiger partial charge in [-0.05, 0) is 43.7 Å². The van der Waals surface area contributed by atoms with Crippen molar-refractivity contribution < 1.29 is 9.53 Å². The van der Waals surface area contributed by atoms with Crippen molar-refractivity contribution in [1.29, 1.82) is 0 Å². The van der Waals surface area contributed by atoms with Crippen LogP contribution >= 0.6 is 11.3 Å². The monoisotopic (exact) mass is 313 g/mol. The van der Waals surface area contributed by atoms with Crippen LogP contribution in [0, 0.1) is 12.0 Å². The molecule has 1 aromatic heterocycles. The van der Waals surface area contributed by atoms with Crippen LogP contribution < -0.4 is 0 Å². The Bertz CT molecular complexity index is 661. The van der Waals surface area contributed by atoms with Crippen molar-refractivity contribution in [1.82, 2.24) is 4.90 Å². The lowest BCUT2D eigenvalue weighted by Crippen LogP contribution is -2.33. The van der Waals surface area contributed by atoms with Crippen LogP contribution in [0.25, 0.3) is 0 Å². The molecule has 0 atom stereocenters. The minimum atomic E-state index is -0.545. The van der Waals surface area contributed by atoms with Gasteiger partial charge in [-0.25, -0.2) is 9.69 Å². The van der Waals surface area contributed by atoms with Crippen molar-refractivity contribution in [3.63, 3.8) is 0 Å². The predicted molar refractivity (Wildman–Crippen MR) is 89.4 cm³/mol. The van der Waals surface area contributed by atoms with E-state index < -0.39 is 11.7 Å². The van der Waals surface area contributed by atoms with Crippen LogP contribution in [0.15, 0.2) is 47.8 Å². The summed E-state index contributed by atoms with van der Waals surface area (Å²) in [5, 5.41) is 1.96. The Hall–Kier alpha value is -2.25. The number of hydrogen-bond acceptors (Lipinski definition) is 3. The Kier molecular flexibility index (Phi) is 5.24. The van der Waals surface area contributed by atoms with Crippen LogP contribution in [0.3, 0.4) is 0 Å². The standard InChI is InChI=1S/C18H19NO2S/c1-18(2,3)21-17(20)19(12-11-16-10-7-13-22-16)14-15-8-5-4-6-9-15/h4-10,13H,14H2,1-3H3. The largest absolute Gasteiger partial charge is 0.443 e. The highest BCUT2D eigenvalue weighted by molar-refractivity contribution is 7.10. The number of ether oxygens (including phenoxy) is 1. The van der Waals surface area contributed by atoms with Gasteiger partial charge in [0, 0.05) is 6.04 Å². The Morgan fingerprint density at radius 3 is 2.50 bits per heavy atom. The average Bonchev–Trinajstić information content (AvgIpc) is 2.96. The molecule has 22 heavy (non-hydrogen) atoms. The van der Waals surface area contributed by atoms with Gasteiger partial charge in [0.25, 0.3) is 0 Å². The lowest BCUT2D eigenvalue weighted by atomic mass is 10.2. The van der Waals surface area contributed by atoms with Gasteiger partial charge >= 0.3 is 6.09 Å². The maximum atomic E-state index is 12.3. The van der Waals surface area contributed by atoms with Gasteiger partial charge in [-0.2, -0.15) is 0 Å². The molecule has 2 rings (SSSR count). The zero-order valence-corrected chi connectivity index (χ0v) is 13.8. The number of hydrogen-bond donors (Lipinski definition) is 0. The summed E-state index contributed by atoms with van der Waals surface area (Å²) < 4.78 is 5.43. The Morgan fingerprint density at radius 1 is 1.18 bits per heavy atom. The molecule has 0 unspecified atom stereocenters. The normalized spacial score (nSPS) is 10.5. The quantitative estimate of drug-likeness (QED) is 0.604. The molecule has 1 amide bonds. The third-order valence-electron chi connectivity index (χ3n) is 2.63. The van der Waals surface area contributed by atoms with Crippen molar-refractivity contribution in [3.05, 3.63) is 58.3 Å². The van der Waals surface area contributed by atoms with Crippen LogP contribution in [0.4, 0.5) is 4.79 Å². The van der Waals surface area contributed by atoms with E-state index in [-0.39, 0.29) is 0 Å². The van der Waals surface area contributed by atoms with Gasteiger partial charge in [0.2, 0.25) is 0 Å². The number of carbonyl (C=O) groups excluding carboxylic acids is 1. The number of carbonyl (C=O) groups is 1. The zero-order chi connectivity index (χ0) is 16.0. The molecule has 1 aromatic carbocycles. The summed E-state index contributed by atoms with van der Waals surface area (Å²) in [6, 6.07) is 16.5. The molecular weight excluding hydrogens is 294 g/mol. The molecular formula is C18H19NO2S. The topological polar surface area (TPSA) is 29.5 Å². The van der Waals surface area contributed by atoms with E-state index in [0.29, 0.717) is 6.54 Å². The molecule has 0 fully saturated rings. The van der Waals surface area contributed by atoms with Gasteiger partial charge < -0.3 is 4.74 Å². The van der Waals surface area contributed by atoms with Gasteiger partial charge in [0.1, 0.15) is 5.60 Å². The van der Waals surface area contributed by atoms with E-state index in [1.807, 2.05) is 68.6 Å². The summed E-state index contributed by atoms with van der Waals surface area (Å²) in [6.07, 6.45) is -0.430. The van der Waals surface area contributed by atoms with Crippen LogP contribution in [-0.2, 0) is 11.3 Å². The van der Waals surface area contributed by atoms with Gasteiger partial charge in [-0.15, -0.1) is 11.3 Å². The van der Waals surface area contributed by atoms with Gasteiger partial charge in [-0.1, -0.05) is 36.4 Å². The van der Waals surface area contributed by atoms with E-state index in [2.05, 4.69) is 12.0 Å². The fraction of sp³-hybridized carbons (Fsp3) is 0.278. The highest BCUT2D eigenvalue weighted by Crippen LogP contribution is 2.13. The zero-order valence-electron chi connectivity index (χ0n) is 13.0. The molecule has 4 heteroatoms. The summed E-state index contributed by atoms with van der Waals surface area (Å²) in [7, 11) is 0. The van der Waals surface area contributed by atoms with Gasteiger partial charge in [0.05, 0.1) is 11.4 Å². The van der Waals surface area contributed by atoms with Gasteiger partial charge in [-0.3, -0.25) is 0 Å². The molecule has 0 spiro atoms. The van der Waals surface area contributed by atoms with E-state index in [9.17, 15) is 4.79 Å². The highest BCUT2D eigenvalue weighted by atomic mass is 32.1. The maximum Gasteiger partial charge on any atom is 0.422 e. The fourth-order valence-corrected chi connectivity index (χ4v) is 2.27. The SMILES string of the molecule is CC(C)(C)OC(=O)N(C#Cc1cccs1)Cc1ccccc1. The lowest BCUT2D eigenvalue weighted by Gasteiger charge is -2.23. The highest BCUT2D eigenvalue weighted by Gasteiger charge is 2.21. The number of nitrogens with zero attached hydrogens (tertiary/aromatic N) is 1. The van der Waals surface area contributed by atoms with Crippen molar-refractivity contribution >= 4 is 17.4 Å². The summed E-state index contributed by atoms with van der Waals surface area (Å²) >= 11 is 1.54. The second kappa shape index (κ2) is 7.15. The van der Waals surface area contributed by atoms with E-state index >= 15 is 0 Å². The maximum absolute atomic E-state index is 12.3. The summed E-state index contributed by atoms with van der Waals surface area (Å²) in [6.45, 7) is 5.93. The molecule has 0 aliphatic carbocycles. The van der Waals surface area contributed by atoms with E-state index in [1.165, 1.54) is 4.90 Å². The fourth-order valence-electron chi connectivity index (χ4n) is 1.71. The van der Waals surface area contributed by atoms with Crippen molar-refractivity contribution in [2.24, 2.45) is 0 Å². The number of amides is 1. The third-order valence-corrected chi connectivity index (χ3v) is 3.42. The second-order valence-corrected chi connectivity index (χ2v) is 6.71. The first-order valence-electron chi connectivity index (χ1n) is 7.04. The molecule has 1 heterocycles. The first kappa shape index (κ1) is 16.1. The second-order valence-electron chi connectivity index (χ2n) is 5.77. The van der Waals surface area contributed by atoms with Crippen LogP contribution in [0.2, 0.25) is 0 Å². The average molecular weight is 313 g/mol. The van der Waals surface area contributed by atoms with Crippen molar-refractivity contribution in [2.45, 2.75) is 32.9 Å². The smallest absolute Gasteiger partial charge is 0.422 e. The minimum absolute atomic E-state index is 0.397. The van der Waals surface area contributed by atoms with E-state index in [4.69, 9.17) is 4.74 Å². The Balaban J connectivity index is 2.18. The van der Waals surface area contributed by atoms with Crippen LogP contribution in [0.5, 0.6) is 0 Å². The molecule has 3 nitrogen and oxygen atoms in total. The van der Waals surface area contributed by atoms with Gasteiger partial charge in [0.15, 0.2) is 0 Å². The van der Waals surface area contributed by atoms with E-state index in [1.54, 1.807) is 11.3 Å². The van der Waals surface area contributed by atoms with Crippen molar-refractivity contribution in [2.75, 3.05) is 0 Å². The molecule has 0 radical (unpaired) electrons. The Morgan fingerprint density at radius 2 is 1.91 bits per heavy atom. The molecule has 0 bridgehead atoms. The number of benzene rings is 1. The van der Waals surface area contributed by atoms with Crippen molar-refractivity contribution in [3.8, 4) is 12.0 Å². The van der Waals surface area contributed by atoms with Crippen LogP contribution in [-0.4, -0.2) is 16.6 Å². The lowest BCUT2D eigenvalue weighted by molar-refractivity contribution is 0.0341. The number of thiophene rings is 1. The first-order chi connectivity index (χ1) is 10.4. The molecule has 0 saturated heterocycles. The van der Waals surface area contributed by atoms with E-state index in [0.717, 1.165) is 10.4 Å². The molecule has 114 valence electrons. The molecule has 0 aliphatic heterocycles. The third kappa shape index (κ3) is 5.27. The van der Waals surface area contributed by atoms with Crippen LogP contribution in [0.1, 0.15) is 31.2 Å². The molecule has 0 saturated carbocycles. The summed E-state index contributed by atoms with van der Waals surface area (Å²) in [5.74, 6) is 3.01. The predicted octanol–water partition coefficient (Wildman–Crippen LogP) is 4.49. The molecule has 0 N–H and O–H groups in total. The summed E-state index contributed by atoms with van der Waals surface area (Å²) in [5.41, 5.74) is 0.463. The number of rotatable bonds is 2. The Labute approximate surface area is 135 Å². The molecule has 2 aromatic rings.